The van der Waals surface area contributed by atoms with Crippen molar-refractivity contribution in [3.05, 3.63) is 94.8 Å². The van der Waals surface area contributed by atoms with Crippen molar-refractivity contribution < 1.29 is 23.5 Å². The van der Waals surface area contributed by atoms with E-state index in [9.17, 15) is 18.8 Å². The third-order valence-corrected chi connectivity index (χ3v) is 5.99. The number of halogens is 1. The molecule has 0 spiro atoms. The Morgan fingerprint density at radius 1 is 1.06 bits per heavy atom. The lowest BCUT2D eigenvalue weighted by molar-refractivity contribution is -0.121. The maximum absolute atomic E-state index is 13.2. The Morgan fingerprint density at radius 2 is 1.75 bits per heavy atom. The summed E-state index contributed by atoms with van der Waals surface area (Å²) in [6.07, 6.45) is -0.121. The van der Waals surface area contributed by atoms with Crippen molar-refractivity contribution in [1.29, 1.82) is 0 Å². The van der Waals surface area contributed by atoms with Crippen LogP contribution >= 0.6 is 0 Å². The molecular weight excluding hydrogens is 461 g/mol. The molecule has 0 radical (unpaired) electrons. The topological polar surface area (TPSA) is 87.7 Å². The van der Waals surface area contributed by atoms with E-state index in [0.29, 0.717) is 18.1 Å². The second-order valence-corrected chi connectivity index (χ2v) is 9.08. The van der Waals surface area contributed by atoms with Crippen LogP contribution in [-0.4, -0.2) is 23.8 Å². The Kier molecular flexibility index (Phi) is 7.45. The molecule has 0 aromatic heterocycles. The number of hydrogen-bond donors (Lipinski definition) is 2. The number of benzene rings is 3. The van der Waals surface area contributed by atoms with Gasteiger partial charge in [-0.15, -0.1) is 0 Å². The van der Waals surface area contributed by atoms with E-state index >= 15 is 0 Å². The van der Waals surface area contributed by atoms with Crippen molar-refractivity contribution >= 4 is 23.4 Å². The molecule has 3 aromatic rings. The summed E-state index contributed by atoms with van der Waals surface area (Å²) in [7, 11) is 0. The van der Waals surface area contributed by atoms with Crippen molar-refractivity contribution in [2.45, 2.75) is 45.8 Å². The van der Waals surface area contributed by atoms with Gasteiger partial charge in [-0.25, -0.2) is 14.7 Å². The first kappa shape index (κ1) is 25.1. The van der Waals surface area contributed by atoms with Crippen LogP contribution in [0.15, 0.2) is 66.7 Å². The van der Waals surface area contributed by atoms with Gasteiger partial charge in [0.2, 0.25) is 5.91 Å². The second kappa shape index (κ2) is 10.7. The van der Waals surface area contributed by atoms with Crippen molar-refractivity contribution in [3.63, 3.8) is 0 Å². The third kappa shape index (κ3) is 5.60. The Hall–Kier alpha value is -4.04. The van der Waals surface area contributed by atoms with Gasteiger partial charge in [0.25, 0.3) is 11.8 Å². The molecule has 0 saturated carbocycles. The molecule has 3 aromatic carbocycles. The average molecular weight is 490 g/mol. The zero-order valence-electron chi connectivity index (χ0n) is 20.4. The highest BCUT2D eigenvalue weighted by molar-refractivity contribution is 6.22. The largest absolute Gasteiger partial charge is 0.489 e. The Labute approximate surface area is 209 Å². The predicted molar refractivity (Wildman–Crippen MR) is 134 cm³/mol. The van der Waals surface area contributed by atoms with E-state index in [4.69, 9.17) is 4.74 Å². The van der Waals surface area contributed by atoms with E-state index in [-0.39, 0.29) is 12.1 Å². The number of aryl methyl sites for hydroxylation is 1. The monoisotopic (exact) mass is 489 g/mol. The minimum Gasteiger partial charge on any atom is -0.489 e. The Bertz CT molecular complexity index is 1270. The minimum atomic E-state index is -0.913. The number of amides is 3. The van der Waals surface area contributed by atoms with E-state index in [1.165, 1.54) is 24.3 Å². The molecule has 2 N–H and O–H groups in total. The van der Waals surface area contributed by atoms with Gasteiger partial charge in [0.1, 0.15) is 24.2 Å². The first-order chi connectivity index (χ1) is 17.2. The number of hydrogen-bond acceptors (Lipinski definition) is 5. The number of carbonyl (C=O) groups is 3. The van der Waals surface area contributed by atoms with E-state index in [0.717, 1.165) is 27.3 Å². The minimum absolute atomic E-state index is 0.121. The van der Waals surface area contributed by atoms with Gasteiger partial charge >= 0.3 is 0 Å². The van der Waals surface area contributed by atoms with Gasteiger partial charge in [0, 0.05) is 5.56 Å². The number of rotatable bonds is 8. The van der Waals surface area contributed by atoms with E-state index in [1.54, 1.807) is 24.3 Å². The van der Waals surface area contributed by atoms with Crippen LogP contribution in [0.3, 0.4) is 0 Å². The third-order valence-electron chi connectivity index (χ3n) is 5.99. The van der Waals surface area contributed by atoms with Crippen LogP contribution in [0.4, 0.5) is 10.1 Å². The van der Waals surface area contributed by atoms with Crippen LogP contribution in [0.5, 0.6) is 5.75 Å². The highest BCUT2D eigenvalue weighted by Gasteiger charge is 2.39. The van der Waals surface area contributed by atoms with Crippen LogP contribution < -0.4 is 20.5 Å². The summed E-state index contributed by atoms with van der Waals surface area (Å²) in [6.45, 7) is 6.62. The number of carbonyl (C=O) groups excluding carboxylic acids is 3. The van der Waals surface area contributed by atoms with E-state index in [2.05, 4.69) is 36.8 Å². The van der Waals surface area contributed by atoms with Crippen LogP contribution in [0.2, 0.25) is 0 Å². The summed E-state index contributed by atoms with van der Waals surface area (Å²) >= 11 is 0. The molecule has 1 saturated heterocycles. The number of nitrogens with one attached hydrogen (secondary N) is 2. The quantitative estimate of drug-likeness (QED) is 0.362. The van der Waals surface area contributed by atoms with Crippen LogP contribution in [-0.2, 0) is 16.2 Å². The molecule has 1 fully saturated rings. The van der Waals surface area contributed by atoms with Crippen molar-refractivity contribution in [2.24, 2.45) is 0 Å². The van der Waals surface area contributed by atoms with Gasteiger partial charge in [-0.1, -0.05) is 38.1 Å². The molecule has 0 aliphatic carbocycles. The summed E-state index contributed by atoms with van der Waals surface area (Å²) in [5.41, 5.74) is 8.98. The summed E-state index contributed by atoms with van der Waals surface area (Å²) < 4.78 is 19.2. The lowest BCUT2D eigenvalue weighted by Crippen LogP contribution is -2.48. The van der Waals surface area contributed by atoms with Crippen LogP contribution in [0.25, 0.3) is 0 Å². The number of nitrogens with zero attached hydrogens (tertiary/aromatic N) is 1. The molecule has 7 nitrogen and oxygen atoms in total. The van der Waals surface area contributed by atoms with Crippen molar-refractivity contribution in [3.8, 4) is 5.75 Å². The fourth-order valence-corrected chi connectivity index (χ4v) is 3.99. The SMILES string of the molecule is Cc1ccc(C(C)C)c(OCc2ccc(C(=O)NN[C@@H]3CC(=O)N(c4ccc(F)cc4)C3=O)cc2)c1. The molecule has 1 atom stereocenters. The smallest absolute Gasteiger partial charge is 0.265 e. The van der Waals surface area contributed by atoms with Gasteiger partial charge in [-0.2, -0.15) is 0 Å². The van der Waals surface area contributed by atoms with Crippen LogP contribution in [0.1, 0.15) is 53.2 Å². The average Bonchev–Trinajstić information content (AvgIpc) is 3.14. The highest BCUT2D eigenvalue weighted by atomic mass is 19.1. The molecule has 0 bridgehead atoms. The fourth-order valence-electron chi connectivity index (χ4n) is 3.99. The van der Waals surface area contributed by atoms with Gasteiger partial charge in [-0.3, -0.25) is 19.8 Å². The van der Waals surface area contributed by atoms with Gasteiger partial charge < -0.3 is 4.74 Å². The van der Waals surface area contributed by atoms with Crippen molar-refractivity contribution in [1.82, 2.24) is 10.9 Å². The van der Waals surface area contributed by atoms with E-state index in [1.807, 2.05) is 13.0 Å². The predicted octanol–water partition coefficient (Wildman–Crippen LogP) is 4.40. The summed E-state index contributed by atoms with van der Waals surface area (Å²) in [5.74, 6) is -0.671. The zero-order chi connectivity index (χ0) is 25.8. The van der Waals surface area contributed by atoms with Gasteiger partial charge in [0.05, 0.1) is 12.1 Å². The maximum atomic E-state index is 13.2. The molecule has 8 heteroatoms. The lowest BCUT2D eigenvalue weighted by Gasteiger charge is -2.16. The number of imide groups is 1. The summed E-state index contributed by atoms with van der Waals surface area (Å²) in [4.78, 5) is 38.5. The number of anilines is 1. The second-order valence-electron chi connectivity index (χ2n) is 9.08. The normalized spacial score (nSPS) is 15.5. The zero-order valence-corrected chi connectivity index (χ0v) is 20.4. The first-order valence-corrected chi connectivity index (χ1v) is 11.7. The summed E-state index contributed by atoms with van der Waals surface area (Å²) in [6, 6.07) is 17.3. The molecule has 36 heavy (non-hydrogen) atoms. The number of ether oxygens (including phenoxy) is 1. The molecule has 0 unspecified atom stereocenters. The molecule has 1 aliphatic heterocycles. The molecule has 186 valence electrons. The maximum Gasteiger partial charge on any atom is 0.265 e. The molecule has 1 aliphatic rings. The van der Waals surface area contributed by atoms with Crippen molar-refractivity contribution in [2.75, 3.05) is 4.90 Å². The highest BCUT2D eigenvalue weighted by Crippen LogP contribution is 2.28. The van der Waals surface area contributed by atoms with Crippen LogP contribution in [0, 0.1) is 12.7 Å². The lowest BCUT2D eigenvalue weighted by atomic mass is 10.0. The molecule has 3 amide bonds. The van der Waals surface area contributed by atoms with Gasteiger partial charge in [0.15, 0.2) is 0 Å². The Balaban J connectivity index is 1.32. The van der Waals surface area contributed by atoms with E-state index < -0.39 is 29.6 Å². The molecular formula is C28H28FN3O4. The Morgan fingerprint density at radius 3 is 2.42 bits per heavy atom. The fraction of sp³-hybridized carbons (Fsp3) is 0.250. The first-order valence-electron chi connectivity index (χ1n) is 11.7. The number of hydrazine groups is 1. The molecule has 4 rings (SSSR count). The molecule has 1 heterocycles. The van der Waals surface area contributed by atoms with Gasteiger partial charge in [-0.05, 0) is 72.0 Å². The standard InChI is InChI=1S/C28H28FN3O4/c1-17(2)23-13-4-18(3)14-25(23)36-16-19-5-7-20(8-6-19)27(34)31-30-24-15-26(33)32(28(24)35)22-11-9-21(29)10-12-22/h4-14,17,24,30H,15-16H2,1-3H3,(H,31,34)/t24-/m1/s1. The summed E-state index contributed by atoms with van der Waals surface area (Å²) in [5, 5.41) is 0.